The summed E-state index contributed by atoms with van der Waals surface area (Å²) in [5.74, 6) is 0. The Kier molecular flexibility index (Phi) is 5.07. The molecule has 0 aliphatic carbocycles. The Bertz CT molecular complexity index is 504. The Morgan fingerprint density at radius 2 is 1.80 bits per heavy atom. The standard InChI is InChI=1S/C14H21N3O3/c1-9(2)16(10(3)4)14(18)15-12-7-6-11(5)13(8-12)17(19)20/h6-10H,1-5H3,(H,15,18). The SMILES string of the molecule is Cc1ccc(NC(=O)N(C(C)C)C(C)C)cc1[N+](=O)[O-]. The van der Waals surface area contributed by atoms with Crippen LogP contribution in [0, 0.1) is 17.0 Å². The van der Waals surface area contributed by atoms with E-state index in [9.17, 15) is 14.9 Å². The first-order valence-corrected chi connectivity index (χ1v) is 6.58. The first kappa shape index (κ1) is 15.9. The average Bonchev–Trinajstić information content (AvgIpc) is 2.30. The molecule has 0 atom stereocenters. The number of hydrogen-bond donors (Lipinski definition) is 1. The highest BCUT2D eigenvalue weighted by atomic mass is 16.6. The average molecular weight is 279 g/mol. The molecule has 0 aliphatic rings. The van der Waals surface area contributed by atoms with Crippen LogP contribution in [0.4, 0.5) is 16.2 Å². The maximum atomic E-state index is 12.2. The van der Waals surface area contributed by atoms with Gasteiger partial charge in [-0.15, -0.1) is 0 Å². The highest BCUT2D eigenvalue weighted by molar-refractivity contribution is 5.90. The third-order valence-corrected chi connectivity index (χ3v) is 3.00. The van der Waals surface area contributed by atoms with Crippen molar-refractivity contribution in [2.45, 2.75) is 46.7 Å². The van der Waals surface area contributed by atoms with Crippen LogP contribution in [0.15, 0.2) is 18.2 Å². The lowest BCUT2D eigenvalue weighted by Crippen LogP contribution is -2.44. The van der Waals surface area contributed by atoms with Gasteiger partial charge in [0.15, 0.2) is 0 Å². The fourth-order valence-electron chi connectivity index (χ4n) is 2.14. The van der Waals surface area contributed by atoms with E-state index in [1.165, 1.54) is 6.07 Å². The monoisotopic (exact) mass is 279 g/mol. The molecule has 20 heavy (non-hydrogen) atoms. The summed E-state index contributed by atoms with van der Waals surface area (Å²) >= 11 is 0. The molecule has 0 unspecified atom stereocenters. The molecule has 0 aromatic heterocycles. The molecule has 0 bridgehead atoms. The van der Waals surface area contributed by atoms with Crippen molar-refractivity contribution in [1.29, 1.82) is 0 Å². The van der Waals surface area contributed by atoms with Gasteiger partial charge in [0.05, 0.1) is 4.92 Å². The van der Waals surface area contributed by atoms with Crippen molar-refractivity contribution in [1.82, 2.24) is 4.90 Å². The van der Waals surface area contributed by atoms with Crippen LogP contribution >= 0.6 is 0 Å². The number of rotatable bonds is 4. The lowest BCUT2D eigenvalue weighted by Gasteiger charge is -2.30. The van der Waals surface area contributed by atoms with Gasteiger partial charge in [0, 0.05) is 29.4 Å². The van der Waals surface area contributed by atoms with E-state index in [-0.39, 0.29) is 23.8 Å². The van der Waals surface area contributed by atoms with Crippen molar-refractivity contribution in [2.75, 3.05) is 5.32 Å². The number of aryl methyl sites for hydroxylation is 1. The molecule has 110 valence electrons. The van der Waals surface area contributed by atoms with Gasteiger partial charge in [-0.3, -0.25) is 10.1 Å². The predicted molar refractivity (Wildman–Crippen MR) is 79.0 cm³/mol. The van der Waals surface area contributed by atoms with Gasteiger partial charge in [0.1, 0.15) is 0 Å². The second kappa shape index (κ2) is 6.36. The largest absolute Gasteiger partial charge is 0.322 e. The number of hydrogen-bond acceptors (Lipinski definition) is 3. The molecule has 2 amide bonds. The Hall–Kier alpha value is -2.11. The summed E-state index contributed by atoms with van der Waals surface area (Å²) in [7, 11) is 0. The minimum Gasteiger partial charge on any atom is -0.320 e. The summed E-state index contributed by atoms with van der Waals surface area (Å²) in [5, 5.41) is 13.6. The highest BCUT2D eigenvalue weighted by Gasteiger charge is 2.21. The first-order chi connectivity index (χ1) is 9.23. The van der Waals surface area contributed by atoms with Crippen molar-refractivity contribution in [3.8, 4) is 0 Å². The second-order valence-electron chi connectivity index (χ2n) is 5.28. The zero-order valence-electron chi connectivity index (χ0n) is 12.5. The molecule has 0 saturated carbocycles. The van der Waals surface area contributed by atoms with Crippen LogP contribution in [0.1, 0.15) is 33.3 Å². The lowest BCUT2D eigenvalue weighted by molar-refractivity contribution is -0.385. The Morgan fingerprint density at radius 3 is 2.25 bits per heavy atom. The van der Waals surface area contributed by atoms with E-state index in [1.807, 2.05) is 27.7 Å². The molecule has 0 aliphatic heterocycles. The molecule has 0 saturated heterocycles. The fourth-order valence-corrected chi connectivity index (χ4v) is 2.14. The highest BCUT2D eigenvalue weighted by Crippen LogP contribution is 2.22. The third kappa shape index (κ3) is 3.69. The molecule has 1 aromatic carbocycles. The summed E-state index contributed by atoms with van der Waals surface area (Å²) in [4.78, 5) is 24.3. The van der Waals surface area contributed by atoms with E-state index in [4.69, 9.17) is 0 Å². The van der Waals surface area contributed by atoms with E-state index in [0.29, 0.717) is 11.3 Å². The molecule has 0 heterocycles. The lowest BCUT2D eigenvalue weighted by atomic mass is 10.2. The molecule has 6 nitrogen and oxygen atoms in total. The van der Waals surface area contributed by atoms with Gasteiger partial charge in [-0.05, 0) is 40.7 Å². The molecule has 1 N–H and O–H groups in total. The molecule has 6 heteroatoms. The van der Waals surface area contributed by atoms with Crippen LogP contribution in [0.3, 0.4) is 0 Å². The number of nitro benzene ring substituents is 1. The Morgan fingerprint density at radius 1 is 1.25 bits per heavy atom. The summed E-state index contributed by atoms with van der Waals surface area (Å²) < 4.78 is 0. The minimum atomic E-state index is -0.451. The topological polar surface area (TPSA) is 75.5 Å². The summed E-state index contributed by atoms with van der Waals surface area (Å²) in [6.45, 7) is 9.38. The summed E-state index contributed by atoms with van der Waals surface area (Å²) in [6.07, 6.45) is 0. The molecular weight excluding hydrogens is 258 g/mol. The number of nitrogens with zero attached hydrogens (tertiary/aromatic N) is 2. The Balaban J connectivity index is 2.96. The van der Waals surface area contributed by atoms with Crippen LogP contribution in [-0.2, 0) is 0 Å². The zero-order chi connectivity index (χ0) is 15.4. The molecular formula is C14H21N3O3. The van der Waals surface area contributed by atoms with Crippen LogP contribution in [0.25, 0.3) is 0 Å². The van der Waals surface area contributed by atoms with Gasteiger partial charge >= 0.3 is 6.03 Å². The molecule has 0 fully saturated rings. The number of benzene rings is 1. The van der Waals surface area contributed by atoms with Crippen molar-refractivity contribution in [3.63, 3.8) is 0 Å². The number of carbonyl (C=O) groups is 1. The number of anilines is 1. The van der Waals surface area contributed by atoms with Crippen molar-refractivity contribution in [2.24, 2.45) is 0 Å². The number of carbonyl (C=O) groups excluding carboxylic acids is 1. The van der Waals surface area contributed by atoms with Crippen LogP contribution in [0.5, 0.6) is 0 Å². The van der Waals surface area contributed by atoms with Gasteiger partial charge < -0.3 is 10.2 Å². The van der Waals surface area contributed by atoms with E-state index >= 15 is 0 Å². The van der Waals surface area contributed by atoms with E-state index in [2.05, 4.69) is 5.32 Å². The van der Waals surface area contributed by atoms with Crippen LogP contribution < -0.4 is 5.32 Å². The van der Waals surface area contributed by atoms with Gasteiger partial charge in [0.2, 0.25) is 0 Å². The van der Waals surface area contributed by atoms with E-state index in [0.717, 1.165) is 0 Å². The molecule has 0 spiro atoms. The van der Waals surface area contributed by atoms with Gasteiger partial charge in [-0.2, -0.15) is 0 Å². The fraction of sp³-hybridized carbons (Fsp3) is 0.500. The van der Waals surface area contributed by atoms with E-state index < -0.39 is 4.92 Å². The zero-order valence-corrected chi connectivity index (χ0v) is 12.5. The number of nitro groups is 1. The predicted octanol–water partition coefficient (Wildman–Crippen LogP) is 3.55. The van der Waals surface area contributed by atoms with Crippen molar-refractivity contribution >= 4 is 17.4 Å². The van der Waals surface area contributed by atoms with Crippen LogP contribution in [-0.4, -0.2) is 27.9 Å². The smallest absolute Gasteiger partial charge is 0.320 e. The quantitative estimate of drug-likeness (QED) is 0.676. The van der Waals surface area contributed by atoms with Crippen molar-refractivity contribution in [3.05, 3.63) is 33.9 Å². The molecule has 0 radical (unpaired) electrons. The maximum Gasteiger partial charge on any atom is 0.322 e. The summed E-state index contributed by atoms with van der Waals surface area (Å²) in [6, 6.07) is 4.52. The third-order valence-electron chi connectivity index (χ3n) is 3.00. The normalized spacial score (nSPS) is 10.8. The number of amides is 2. The Labute approximate surface area is 118 Å². The molecule has 1 rings (SSSR count). The molecule has 1 aromatic rings. The minimum absolute atomic E-state index is 0.00319. The van der Waals surface area contributed by atoms with Gasteiger partial charge in [-0.1, -0.05) is 6.07 Å². The first-order valence-electron chi connectivity index (χ1n) is 6.58. The van der Waals surface area contributed by atoms with E-state index in [1.54, 1.807) is 24.0 Å². The van der Waals surface area contributed by atoms with Gasteiger partial charge in [-0.25, -0.2) is 4.79 Å². The maximum absolute atomic E-state index is 12.2. The summed E-state index contributed by atoms with van der Waals surface area (Å²) in [5.41, 5.74) is 1.000. The van der Waals surface area contributed by atoms with Gasteiger partial charge in [0.25, 0.3) is 5.69 Å². The number of nitrogens with one attached hydrogen (secondary N) is 1. The second-order valence-corrected chi connectivity index (χ2v) is 5.28. The van der Waals surface area contributed by atoms with Crippen LogP contribution in [0.2, 0.25) is 0 Å². The van der Waals surface area contributed by atoms with Crippen molar-refractivity contribution < 1.29 is 9.72 Å². The number of urea groups is 1.